The molecule has 0 spiro atoms. The SMILES string of the molecule is CC(C)(C)OC(=O)NCC(=O)N1CCC[C@@H]1c1ccc2c(c1)OCO2. The summed E-state index contributed by atoms with van der Waals surface area (Å²) in [4.78, 5) is 26.1. The molecule has 0 radical (unpaired) electrons. The van der Waals surface area contributed by atoms with Crippen LogP contribution in [0, 0.1) is 0 Å². The molecule has 0 bridgehead atoms. The molecule has 2 aliphatic rings. The number of carbonyl (C=O) groups is 2. The van der Waals surface area contributed by atoms with E-state index in [1.807, 2.05) is 18.2 Å². The average Bonchev–Trinajstić information content (AvgIpc) is 3.18. The van der Waals surface area contributed by atoms with E-state index >= 15 is 0 Å². The van der Waals surface area contributed by atoms with Crippen molar-refractivity contribution in [1.82, 2.24) is 10.2 Å². The lowest BCUT2D eigenvalue weighted by Gasteiger charge is -2.26. The molecule has 2 heterocycles. The van der Waals surface area contributed by atoms with E-state index in [4.69, 9.17) is 14.2 Å². The zero-order chi connectivity index (χ0) is 18.0. The Labute approximate surface area is 147 Å². The van der Waals surface area contributed by atoms with Gasteiger partial charge in [-0.05, 0) is 51.3 Å². The first-order chi connectivity index (χ1) is 11.8. The second kappa shape index (κ2) is 6.82. The lowest BCUT2D eigenvalue weighted by atomic mass is 10.0. The van der Waals surface area contributed by atoms with E-state index in [-0.39, 0.29) is 25.3 Å². The average molecular weight is 348 g/mol. The minimum absolute atomic E-state index is 0.0116. The maximum absolute atomic E-state index is 12.5. The molecule has 2 aliphatic heterocycles. The highest BCUT2D eigenvalue weighted by Gasteiger charge is 2.31. The Morgan fingerprint density at radius 3 is 2.80 bits per heavy atom. The first-order valence-corrected chi connectivity index (χ1v) is 8.49. The van der Waals surface area contributed by atoms with E-state index in [0.29, 0.717) is 12.3 Å². The van der Waals surface area contributed by atoms with E-state index in [9.17, 15) is 9.59 Å². The highest BCUT2D eigenvalue weighted by molar-refractivity contribution is 5.83. The van der Waals surface area contributed by atoms with Gasteiger partial charge in [-0.15, -0.1) is 0 Å². The summed E-state index contributed by atoms with van der Waals surface area (Å²) in [6, 6.07) is 5.75. The van der Waals surface area contributed by atoms with Gasteiger partial charge < -0.3 is 24.4 Å². The molecule has 0 aliphatic carbocycles. The highest BCUT2D eigenvalue weighted by Crippen LogP contribution is 2.38. The maximum Gasteiger partial charge on any atom is 0.408 e. The third-order valence-electron chi connectivity index (χ3n) is 4.14. The van der Waals surface area contributed by atoms with Crippen molar-refractivity contribution in [2.75, 3.05) is 19.9 Å². The molecule has 1 aromatic carbocycles. The molecule has 1 atom stereocenters. The van der Waals surface area contributed by atoms with Gasteiger partial charge in [0, 0.05) is 6.54 Å². The van der Waals surface area contributed by atoms with Crippen LogP contribution in [0.1, 0.15) is 45.2 Å². The molecule has 136 valence electrons. The molecule has 1 fully saturated rings. The fraction of sp³-hybridized carbons (Fsp3) is 0.556. The number of rotatable bonds is 3. The molecule has 25 heavy (non-hydrogen) atoms. The zero-order valence-electron chi connectivity index (χ0n) is 14.8. The second-order valence-corrected chi connectivity index (χ2v) is 7.21. The van der Waals surface area contributed by atoms with Crippen molar-refractivity contribution in [2.24, 2.45) is 0 Å². The Morgan fingerprint density at radius 1 is 1.28 bits per heavy atom. The van der Waals surface area contributed by atoms with Gasteiger partial charge in [0.15, 0.2) is 11.5 Å². The summed E-state index contributed by atoms with van der Waals surface area (Å²) in [6.45, 7) is 6.18. The lowest BCUT2D eigenvalue weighted by molar-refractivity contribution is -0.131. The summed E-state index contributed by atoms with van der Waals surface area (Å²) in [5.41, 5.74) is 0.433. The van der Waals surface area contributed by atoms with Crippen molar-refractivity contribution in [1.29, 1.82) is 0 Å². The topological polar surface area (TPSA) is 77.1 Å². The number of hydrogen-bond donors (Lipinski definition) is 1. The molecule has 1 N–H and O–H groups in total. The first kappa shape index (κ1) is 17.4. The van der Waals surface area contributed by atoms with Crippen LogP contribution in [-0.2, 0) is 9.53 Å². The fourth-order valence-corrected chi connectivity index (χ4v) is 3.10. The molecule has 0 saturated carbocycles. The number of fused-ring (bicyclic) bond motifs is 1. The number of alkyl carbamates (subject to hydrolysis) is 1. The number of amides is 2. The smallest absolute Gasteiger partial charge is 0.408 e. The summed E-state index contributed by atoms with van der Waals surface area (Å²) in [5, 5.41) is 2.53. The van der Waals surface area contributed by atoms with Crippen LogP contribution in [0.15, 0.2) is 18.2 Å². The Balaban J connectivity index is 1.61. The quantitative estimate of drug-likeness (QED) is 0.908. The van der Waals surface area contributed by atoms with Gasteiger partial charge in [-0.2, -0.15) is 0 Å². The monoisotopic (exact) mass is 348 g/mol. The summed E-state index contributed by atoms with van der Waals surface area (Å²) in [5.74, 6) is 1.32. The number of likely N-dealkylation sites (tertiary alicyclic amines) is 1. The van der Waals surface area contributed by atoms with Gasteiger partial charge in [0.25, 0.3) is 0 Å². The van der Waals surface area contributed by atoms with Crippen molar-refractivity contribution in [2.45, 2.75) is 45.3 Å². The van der Waals surface area contributed by atoms with Crippen LogP contribution in [-0.4, -0.2) is 42.4 Å². The molecular weight excluding hydrogens is 324 g/mol. The van der Waals surface area contributed by atoms with E-state index in [0.717, 1.165) is 24.2 Å². The Hall–Kier alpha value is -2.44. The molecule has 0 aromatic heterocycles. The van der Waals surface area contributed by atoms with Crippen LogP contribution < -0.4 is 14.8 Å². The standard InChI is InChI=1S/C18H24N2O5/c1-18(2,3)25-17(22)19-10-16(21)20-8-4-5-13(20)12-6-7-14-15(9-12)24-11-23-14/h6-7,9,13H,4-5,8,10-11H2,1-3H3,(H,19,22)/t13-/m1/s1. The summed E-state index contributed by atoms with van der Waals surface area (Å²) < 4.78 is 15.9. The molecule has 0 unspecified atom stereocenters. The Bertz CT molecular complexity index is 668. The van der Waals surface area contributed by atoms with E-state index in [1.165, 1.54) is 0 Å². The number of hydrogen-bond acceptors (Lipinski definition) is 5. The maximum atomic E-state index is 12.5. The van der Waals surface area contributed by atoms with E-state index in [1.54, 1.807) is 25.7 Å². The minimum atomic E-state index is -0.588. The number of carbonyl (C=O) groups excluding carboxylic acids is 2. The predicted molar refractivity (Wildman–Crippen MR) is 90.5 cm³/mol. The van der Waals surface area contributed by atoms with Gasteiger partial charge in [-0.1, -0.05) is 6.07 Å². The van der Waals surface area contributed by atoms with Crippen LogP contribution >= 0.6 is 0 Å². The van der Waals surface area contributed by atoms with Crippen LogP contribution in [0.2, 0.25) is 0 Å². The van der Waals surface area contributed by atoms with Crippen molar-refractivity contribution < 1.29 is 23.8 Å². The van der Waals surface area contributed by atoms with Crippen molar-refractivity contribution in [3.63, 3.8) is 0 Å². The normalized spacial score (nSPS) is 19.0. The molecule has 7 nitrogen and oxygen atoms in total. The summed E-state index contributed by atoms with van der Waals surface area (Å²) in [7, 11) is 0. The molecule has 2 amide bonds. The van der Waals surface area contributed by atoms with Gasteiger partial charge >= 0.3 is 6.09 Å². The van der Waals surface area contributed by atoms with E-state index in [2.05, 4.69) is 5.32 Å². The van der Waals surface area contributed by atoms with Gasteiger partial charge in [-0.3, -0.25) is 4.79 Å². The molecule has 7 heteroatoms. The van der Waals surface area contributed by atoms with Gasteiger partial charge in [0.1, 0.15) is 12.1 Å². The van der Waals surface area contributed by atoms with Crippen molar-refractivity contribution >= 4 is 12.0 Å². The summed E-state index contributed by atoms with van der Waals surface area (Å²) in [6.07, 6.45) is 1.23. The van der Waals surface area contributed by atoms with Gasteiger partial charge in [0.05, 0.1) is 6.04 Å². The number of nitrogens with one attached hydrogen (secondary N) is 1. The number of nitrogens with zero attached hydrogens (tertiary/aromatic N) is 1. The third-order valence-corrected chi connectivity index (χ3v) is 4.14. The number of ether oxygens (including phenoxy) is 3. The third kappa shape index (κ3) is 4.15. The van der Waals surface area contributed by atoms with Crippen LogP contribution in [0.4, 0.5) is 4.79 Å². The Kier molecular flexibility index (Phi) is 4.74. The molecular formula is C18H24N2O5. The van der Waals surface area contributed by atoms with Gasteiger partial charge in [-0.25, -0.2) is 4.79 Å². The zero-order valence-corrected chi connectivity index (χ0v) is 14.8. The van der Waals surface area contributed by atoms with Crippen molar-refractivity contribution in [3.8, 4) is 11.5 Å². The summed E-state index contributed by atoms with van der Waals surface area (Å²) >= 11 is 0. The highest BCUT2D eigenvalue weighted by atomic mass is 16.7. The van der Waals surface area contributed by atoms with Gasteiger partial charge in [0.2, 0.25) is 12.7 Å². The van der Waals surface area contributed by atoms with Crippen LogP contribution in [0.3, 0.4) is 0 Å². The van der Waals surface area contributed by atoms with Crippen LogP contribution in [0.5, 0.6) is 11.5 Å². The molecule has 3 rings (SSSR count). The molecule has 1 saturated heterocycles. The first-order valence-electron chi connectivity index (χ1n) is 8.49. The molecule has 1 aromatic rings. The fourth-order valence-electron chi connectivity index (χ4n) is 3.10. The lowest BCUT2D eigenvalue weighted by Crippen LogP contribution is -2.41. The second-order valence-electron chi connectivity index (χ2n) is 7.21. The van der Waals surface area contributed by atoms with Crippen LogP contribution in [0.25, 0.3) is 0 Å². The largest absolute Gasteiger partial charge is 0.454 e. The minimum Gasteiger partial charge on any atom is -0.454 e. The Morgan fingerprint density at radius 2 is 2.04 bits per heavy atom. The van der Waals surface area contributed by atoms with E-state index < -0.39 is 11.7 Å². The number of benzene rings is 1. The van der Waals surface area contributed by atoms with Crippen molar-refractivity contribution in [3.05, 3.63) is 23.8 Å². The predicted octanol–water partition coefficient (Wildman–Crippen LogP) is 2.60.